The van der Waals surface area contributed by atoms with Crippen molar-refractivity contribution in [3.63, 3.8) is 0 Å². The first kappa shape index (κ1) is 8.74. The van der Waals surface area contributed by atoms with Gasteiger partial charge in [0, 0.05) is 5.39 Å². The molecule has 0 saturated carbocycles. The molecule has 0 amide bonds. The second-order valence-corrected chi connectivity index (χ2v) is 3.51. The second-order valence-electron chi connectivity index (χ2n) is 3.51. The van der Waals surface area contributed by atoms with Gasteiger partial charge in [-0.25, -0.2) is 4.52 Å². The predicted octanol–water partition coefficient (Wildman–Crippen LogP) is 2.06. The van der Waals surface area contributed by atoms with Gasteiger partial charge >= 0.3 is 0 Å². The monoisotopic (exact) mass is 209 g/mol. The summed E-state index contributed by atoms with van der Waals surface area (Å²) in [6.45, 7) is 0. The molecular weight excluding hydrogens is 202 g/mol. The number of nitriles is 1. The smallest absolute Gasteiger partial charge is 0.143 e. The number of benzene rings is 1. The SMILES string of the molecule is N#Cc1cc2cccc(O)c2c2ccnn12. The van der Waals surface area contributed by atoms with E-state index in [1.165, 1.54) is 4.52 Å². The van der Waals surface area contributed by atoms with Gasteiger partial charge in [0.2, 0.25) is 0 Å². The Morgan fingerprint density at radius 3 is 3.00 bits per heavy atom. The highest BCUT2D eigenvalue weighted by Gasteiger charge is 2.09. The van der Waals surface area contributed by atoms with Crippen molar-refractivity contribution in [3.8, 4) is 11.8 Å². The van der Waals surface area contributed by atoms with Gasteiger partial charge in [-0.1, -0.05) is 12.1 Å². The van der Waals surface area contributed by atoms with Crippen molar-refractivity contribution in [1.82, 2.24) is 9.61 Å². The number of hydrogen-bond acceptors (Lipinski definition) is 3. The van der Waals surface area contributed by atoms with Crippen LogP contribution in [0.2, 0.25) is 0 Å². The molecule has 0 aliphatic heterocycles. The molecule has 0 atom stereocenters. The van der Waals surface area contributed by atoms with E-state index >= 15 is 0 Å². The number of aromatic nitrogens is 2. The fourth-order valence-corrected chi connectivity index (χ4v) is 1.93. The van der Waals surface area contributed by atoms with E-state index in [-0.39, 0.29) is 5.75 Å². The quantitative estimate of drug-likeness (QED) is 0.616. The van der Waals surface area contributed by atoms with Gasteiger partial charge in [-0.3, -0.25) is 0 Å². The van der Waals surface area contributed by atoms with Crippen LogP contribution < -0.4 is 0 Å². The summed E-state index contributed by atoms with van der Waals surface area (Å²) < 4.78 is 1.53. The Bertz CT molecular complexity index is 737. The third-order valence-electron chi connectivity index (χ3n) is 2.61. The maximum absolute atomic E-state index is 9.83. The Hall–Kier alpha value is -2.54. The first-order valence-corrected chi connectivity index (χ1v) is 4.80. The first-order chi connectivity index (χ1) is 7.81. The molecule has 1 N–H and O–H groups in total. The van der Waals surface area contributed by atoms with Crippen molar-refractivity contribution in [2.24, 2.45) is 0 Å². The lowest BCUT2D eigenvalue weighted by atomic mass is 10.1. The Morgan fingerprint density at radius 1 is 1.31 bits per heavy atom. The summed E-state index contributed by atoms with van der Waals surface area (Å²) in [5.41, 5.74) is 1.20. The van der Waals surface area contributed by atoms with E-state index in [1.54, 1.807) is 30.5 Å². The van der Waals surface area contributed by atoms with Crippen molar-refractivity contribution in [3.05, 3.63) is 42.2 Å². The summed E-state index contributed by atoms with van der Waals surface area (Å²) in [4.78, 5) is 0. The number of hydrogen-bond donors (Lipinski definition) is 1. The zero-order chi connectivity index (χ0) is 11.1. The average Bonchev–Trinajstić information content (AvgIpc) is 2.76. The van der Waals surface area contributed by atoms with E-state index in [9.17, 15) is 5.11 Å². The number of phenols is 1. The third kappa shape index (κ3) is 0.997. The summed E-state index contributed by atoms with van der Waals surface area (Å²) in [5.74, 6) is 0.201. The van der Waals surface area contributed by atoms with Gasteiger partial charge in [0.05, 0.1) is 11.7 Å². The minimum atomic E-state index is 0.201. The molecule has 0 unspecified atom stereocenters. The van der Waals surface area contributed by atoms with Crippen LogP contribution >= 0.6 is 0 Å². The minimum Gasteiger partial charge on any atom is -0.507 e. The maximum Gasteiger partial charge on any atom is 0.143 e. The normalized spacial score (nSPS) is 10.7. The van der Waals surface area contributed by atoms with Crippen molar-refractivity contribution in [2.75, 3.05) is 0 Å². The summed E-state index contributed by atoms with van der Waals surface area (Å²) in [6.07, 6.45) is 1.61. The molecule has 16 heavy (non-hydrogen) atoms. The molecular formula is C12H7N3O. The summed E-state index contributed by atoms with van der Waals surface area (Å²) in [5, 5.41) is 24.5. The van der Waals surface area contributed by atoms with Gasteiger partial charge < -0.3 is 5.11 Å². The number of aromatic hydroxyl groups is 1. The van der Waals surface area contributed by atoms with Gasteiger partial charge in [0.1, 0.15) is 17.5 Å². The molecule has 76 valence electrons. The van der Waals surface area contributed by atoms with Gasteiger partial charge in [0.25, 0.3) is 0 Å². The molecule has 3 rings (SSSR count). The van der Waals surface area contributed by atoms with Crippen LogP contribution in [0, 0.1) is 11.3 Å². The fourth-order valence-electron chi connectivity index (χ4n) is 1.93. The number of pyridine rings is 1. The Balaban J connectivity index is 2.66. The molecule has 0 radical (unpaired) electrons. The van der Waals surface area contributed by atoms with E-state index in [1.807, 2.05) is 6.07 Å². The highest BCUT2D eigenvalue weighted by atomic mass is 16.3. The molecule has 4 heteroatoms. The van der Waals surface area contributed by atoms with E-state index in [2.05, 4.69) is 11.2 Å². The Kier molecular flexibility index (Phi) is 1.62. The van der Waals surface area contributed by atoms with Crippen LogP contribution in [-0.2, 0) is 0 Å². The Morgan fingerprint density at radius 2 is 2.19 bits per heavy atom. The summed E-state index contributed by atoms with van der Waals surface area (Å²) >= 11 is 0. The lowest BCUT2D eigenvalue weighted by Gasteiger charge is -2.04. The van der Waals surface area contributed by atoms with Crippen molar-refractivity contribution < 1.29 is 5.11 Å². The molecule has 4 nitrogen and oxygen atoms in total. The van der Waals surface area contributed by atoms with Crippen molar-refractivity contribution in [2.45, 2.75) is 0 Å². The molecule has 0 saturated heterocycles. The molecule has 1 aromatic carbocycles. The van der Waals surface area contributed by atoms with Gasteiger partial charge in [-0.05, 0) is 23.6 Å². The minimum absolute atomic E-state index is 0.201. The summed E-state index contributed by atoms with van der Waals surface area (Å²) in [6, 6.07) is 10.8. The topological polar surface area (TPSA) is 61.3 Å². The molecule has 0 bridgehead atoms. The molecule has 2 aromatic heterocycles. The van der Waals surface area contributed by atoms with E-state index in [0.717, 1.165) is 16.3 Å². The second kappa shape index (κ2) is 2.97. The van der Waals surface area contributed by atoms with Crippen LogP contribution in [0.25, 0.3) is 16.3 Å². The number of rotatable bonds is 0. The fraction of sp³-hybridized carbons (Fsp3) is 0. The van der Waals surface area contributed by atoms with E-state index in [0.29, 0.717) is 5.69 Å². The highest BCUT2D eigenvalue weighted by Crippen LogP contribution is 2.29. The Labute approximate surface area is 91.0 Å². The lowest BCUT2D eigenvalue weighted by molar-refractivity contribution is 0.482. The van der Waals surface area contributed by atoms with Gasteiger partial charge in [-0.15, -0.1) is 0 Å². The average molecular weight is 209 g/mol. The predicted molar refractivity (Wildman–Crippen MR) is 59.1 cm³/mol. The maximum atomic E-state index is 9.83. The molecule has 0 aliphatic rings. The van der Waals surface area contributed by atoms with Crippen LogP contribution in [-0.4, -0.2) is 14.7 Å². The van der Waals surface area contributed by atoms with Crippen LogP contribution in [0.3, 0.4) is 0 Å². The van der Waals surface area contributed by atoms with Crippen LogP contribution in [0.1, 0.15) is 5.69 Å². The zero-order valence-corrected chi connectivity index (χ0v) is 8.25. The molecule has 3 aromatic rings. The third-order valence-corrected chi connectivity index (χ3v) is 2.61. The van der Waals surface area contributed by atoms with Gasteiger partial charge in [-0.2, -0.15) is 10.4 Å². The molecule has 0 fully saturated rings. The van der Waals surface area contributed by atoms with Crippen LogP contribution in [0.5, 0.6) is 5.75 Å². The largest absolute Gasteiger partial charge is 0.507 e. The van der Waals surface area contributed by atoms with Crippen LogP contribution in [0.4, 0.5) is 0 Å². The number of fused-ring (bicyclic) bond motifs is 3. The standard InChI is InChI=1S/C12H7N3O/c13-7-9-6-8-2-1-3-11(16)12(8)10-4-5-14-15(9)10/h1-6,16H. The highest BCUT2D eigenvalue weighted by molar-refractivity contribution is 6.00. The molecule has 0 aliphatic carbocycles. The zero-order valence-electron chi connectivity index (χ0n) is 8.25. The number of phenolic OH excluding ortho intramolecular Hbond substituents is 1. The summed E-state index contributed by atoms with van der Waals surface area (Å²) in [7, 11) is 0. The first-order valence-electron chi connectivity index (χ1n) is 4.80. The van der Waals surface area contributed by atoms with Gasteiger partial charge in [0.15, 0.2) is 0 Å². The molecule has 2 heterocycles. The van der Waals surface area contributed by atoms with Crippen LogP contribution in [0.15, 0.2) is 36.5 Å². The van der Waals surface area contributed by atoms with E-state index in [4.69, 9.17) is 5.26 Å². The van der Waals surface area contributed by atoms with Crippen molar-refractivity contribution >= 4 is 16.3 Å². The van der Waals surface area contributed by atoms with E-state index < -0.39 is 0 Å². The lowest BCUT2D eigenvalue weighted by Crippen LogP contribution is -1.94. The molecule has 0 spiro atoms. The number of nitrogens with zero attached hydrogens (tertiary/aromatic N) is 3. The van der Waals surface area contributed by atoms with Crippen molar-refractivity contribution in [1.29, 1.82) is 5.26 Å².